The first-order valence-corrected chi connectivity index (χ1v) is 16.6. The molecule has 0 amide bonds. The lowest BCUT2D eigenvalue weighted by Crippen LogP contribution is -2.43. The number of anilines is 1. The second-order valence-electron chi connectivity index (χ2n) is 13.3. The van der Waals surface area contributed by atoms with Crippen LogP contribution in [-0.4, -0.2) is 73.1 Å². The Morgan fingerprint density at radius 1 is 1.16 bits per heavy atom. The zero-order valence-corrected chi connectivity index (χ0v) is 26.8. The van der Waals surface area contributed by atoms with Crippen LogP contribution in [0.1, 0.15) is 54.0 Å². The molecule has 3 aliphatic heterocycles. The van der Waals surface area contributed by atoms with Gasteiger partial charge < -0.3 is 24.2 Å². The van der Waals surface area contributed by atoms with Crippen LogP contribution in [-0.2, 0) is 40.3 Å². The zero-order valence-electron chi connectivity index (χ0n) is 26.8. The van der Waals surface area contributed by atoms with Gasteiger partial charge in [0.25, 0.3) is 0 Å². The molecule has 0 radical (unpaired) electrons. The number of aryl methyl sites for hydroxylation is 2. The van der Waals surface area contributed by atoms with Crippen molar-refractivity contribution in [2.45, 2.75) is 71.2 Å². The first-order chi connectivity index (χ1) is 21.9. The molecule has 0 spiro atoms. The minimum atomic E-state index is -0.735. The number of hydrogen-bond acceptors (Lipinski definition) is 7. The number of methoxy groups -OCH3 is 1. The summed E-state index contributed by atoms with van der Waals surface area (Å²) in [5.74, 6) is 1.02. The lowest BCUT2D eigenvalue weighted by molar-refractivity contribution is -0.144. The van der Waals surface area contributed by atoms with Gasteiger partial charge in [-0.05, 0) is 91.0 Å². The van der Waals surface area contributed by atoms with Crippen molar-refractivity contribution in [2.75, 3.05) is 44.9 Å². The summed E-state index contributed by atoms with van der Waals surface area (Å²) in [6, 6.07) is 17.3. The zero-order chi connectivity index (χ0) is 31.1. The highest BCUT2D eigenvalue weighted by molar-refractivity contribution is 5.82. The van der Waals surface area contributed by atoms with Gasteiger partial charge in [-0.25, -0.2) is 4.98 Å². The average Bonchev–Trinajstić information content (AvgIpc) is 3.72. The molecule has 0 bridgehead atoms. The highest BCUT2D eigenvalue weighted by atomic mass is 16.5. The molecule has 1 aromatic heterocycles. The number of benzene rings is 2. The number of piperidine rings is 1. The number of carboxylic acids is 1. The Balaban J connectivity index is 1.12. The minimum Gasteiger partial charge on any atom is -0.488 e. The van der Waals surface area contributed by atoms with Crippen molar-refractivity contribution in [1.29, 1.82) is 0 Å². The van der Waals surface area contributed by atoms with Crippen LogP contribution < -0.4 is 9.64 Å². The molecule has 1 aliphatic carbocycles. The first kappa shape index (κ1) is 30.2. The van der Waals surface area contributed by atoms with Gasteiger partial charge in [0.1, 0.15) is 18.2 Å². The third-order valence-corrected chi connectivity index (χ3v) is 10.8. The second-order valence-corrected chi connectivity index (χ2v) is 13.3. The number of nitrogens with zero attached hydrogens (tertiary/aromatic N) is 3. The number of rotatable bonds is 10. The molecule has 3 atom stereocenters. The number of pyridine rings is 1. The van der Waals surface area contributed by atoms with Crippen LogP contribution in [0.4, 0.5) is 5.82 Å². The van der Waals surface area contributed by atoms with Crippen LogP contribution in [0.25, 0.3) is 11.3 Å². The van der Waals surface area contributed by atoms with Gasteiger partial charge in [-0.3, -0.25) is 9.69 Å². The molecule has 45 heavy (non-hydrogen) atoms. The molecule has 3 aromatic rings. The van der Waals surface area contributed by atoms with Gasteiger partial charge in [0.05, 0.1) is 23.8 Å². The number of aromatic nitrogens is 1. The summed E-state index contributed by atoms with van der Waals surface area (Å²) in [4.78, 5) is 22.1. The van der Waals surface area contributed by atoms with Crippen molar-refractivity contribution in [1.82, 2.24) is 9.88 Å². The highest BCUT2D eigenvalue weighted by Gasteiger charge is 2.71. The Kier molecular flexibility index (Phi) is 8.31. The normalized spacial score (nSPS) is 24.7. The fraction of sp³-hybridized carbons (Fsp3) is 0.514. The fourth-order valence-corrected chi connectivity index (χ4v) is 8.22. The SMILES string of the molecule is CCc1cc(COc2c(C)cccc2-c2cccc(N3C[C@@H]4C[C@]4(C(=O)O)[C@H]3COC)n2)cc2c1CN(C1CCOCC1)CC2. The molecule has 1 saturated carbocycles. The summed E-state index contributed by atoms with van der Waals surface area (Å²) in [5, 5.41) is 10.1. The maximum atomic E-state index is 12.3. The Labute approximate surface area is 266 Å². The number of aliphatic carboxylic acids is 1. The standard InChI is InChI=1S/C37H45N3O5/c1-4-26-17-25(18-27-11-14-39(21-31(26)27)29-12-15-44-16-13-29)22-45-35-24(2)7-5-8-30(35)32-9-6-10-34(38-32)40-20-28-19-37(28,36(41)42)33(40)23-43-3/h5-10,17-18,28-29,33H,4,11-16,19-23H2,1-3H3,(H,41,42)/t28-,33+,37+/m0/s1. The third kappa shape index (κ3) is 5.51. The Morgan fingerprint density at radius 2 is 1.98 bits per heavy atom. The van der Waals surface area contributed by atoms with Crippen molar-refractivity contribution >= 4 is 11.8 Å². The smallest absolute Gasteiger partial charge is 0.312 e. The average molecular weight is 612 g/mol. The summed E-state index contributed by atoms with van der Waals surface area (Å²) in [6.07, 6.45) is 5.06. The van der Waals surface area contributed by atoms with Crippen molar-refractivity contribution < 1.29 is 24.1 Å². The molecule has 1 N–H and O–H groups in total. The van der Waals surface area contributed by atoms with Gasteiger partial charge >= 0.3 is 5.97 Å². The molecule has 3 fully saturated rings. The predicted molar refractivity (Wildman–Crippen MR) is 174 cm³/mol. The van der Waals surface area contributed by atoms with E-state index in [-0.39, 0.29) is 12.0 Å². The summed E-state index contributed by atoms with van der Waals surface area (Å²) in [5.41, 5.74) is 7.69. The molecular formula is C37H45N3O5. The lowest BCUT2D eigenvalue weighted by atomic mass is 9.90. The van der Waals surface area contributed by atoms with Crippen LogP contribution in [0, 0.1) is 18.3 Å². The van der Waals surface area contributed by atoms with E-state index in [1.807, 2.05) is 24.3 Å². The van der Waals surface area contributed by atoms with E-state index in [2.05, 4.69) is 47.9 Å². The minimum absolute atomic E-state index is 0.132. The number of hydrogen-bond donors (Lipinski definition) is 1. The van der Waals surface area contributed by atoms with E-state index in [1.54, 1.807) is 7.11 Å². The number of ether oxygens (including phenoxy) is 3. The van der Waals surface area contributed by atoms with E-state index in [1.165, 1.54) is 22.3 Å². The summed E-state index contributed by atoms with van der Waals surface area (Å²) < 4.78 is 17.8. The number of para-hydroxylation sites is 1. The summed E-state index contributed by atoms with van der Waals surface area (Å²) >= 11 is 0. The van der Waals surface area contributed by atoms with Gasteiger partial charge in [-0.1, -0.05) is 37.3 Å². The van der Waals surface area contributed by atoms with E-state index in [0.29, 0.717) is 32.2 Å². The van der Waals surface area contributed by atoms with E-state index in [4.69, 9.17) is 19.2 Å². The lowest BCUT2D eigenvalue weighted by Gasteiger charge is -2.38. The second kappa shape index (κ2) is 12.4. The van der Waals surface area contributed by atoms with Gasteiger partial charge in [-0.2, -0.15) is 0 Å². The molecule has 8 nitrogen and oxygen atoms in total. The fourth-order valence-electron chi connectivity index (χ4n) is 8.22. The van der Waals surface area contributed by atoms with E-state index in [9.17, 15) is 9.90 Å². The van der Waals surface area contributed by atoms with E-state index in [0.717, 1.165) is 80.4 Å². The van der Waals surface area contributed by atoms with Crippen molar-refractivity contribution in [3.63, 3.8) is 0 Å². The summed E-state index contributed by atoms with van der Waals surface area (Å²) in [6.45, 7) is 9.76. The number of carbonyl (C=O) groups is 1. The first-order valence-electron chi connectivity index (χ1n) is 16.6. The quantitative estimate of drug-likeness (QED) is 0.315. The maximum absolute atomic E-state index is 12.3. The van der Waals surface area contributed by atoms with Gasteiger partial charge in [0.2, 0.25) is 0 Å². The Morgan fingerprint density at radius 3 is 2.76 bits per heavy atom. The van der Waals surface area contributed by atoms with E-state index >= 15 is 0 Å². The third-order valence-electron chi connectivity index (χ3n) is 10.8. The van der Waals surface area contributed by atoms with Crippen LogP contribution in [0.3, 0.4) is 0 Å². The van der Waals surface area contributed by atoms with Crippen LogP contribution >= 0.6 is 0 Å². The maximum Gasteiger partial charge on any atom is 0.312 e. The van der Waals surface area contributed by atoms with Crippen LogP contribution in [0.5, 0.6) is 5.75 Å². The van der Waals surface area contributed by atoms with Gasteiger partial charge in [0.15, 0.2) is 0 Å². The molecule has 0 unspecified atom stereocenters. The highest BCUT2D eigenvalue weighted by Crippen LogP contribution is 2.62. The van der Waals surface area contributed by atoms with Gasteiger partial charge in [-0.15, -0.1) is 0 Å². The number of fused-ring (bicyclic) bond motifs is 2. The molecule has 4 heterocycles. The van der Waals surface area contributed by atoms with Crippen molar-refractivity contribution in [3.05, 3.63) is 76.3 Å². The van der Waals surface area contributed by atoms with Gasteiger partial charge in [0, 0.05) is 51.6 Å². The molecular weight excluding hydrogens is 566 g/mol. The van der Waals surface area contributed by atoms with E-state index < -0.39 is 11.4 Å². The molecule has 2 aromatic carbocycles. The largest absolute Gasteiger partial charge is 0.488 e. The molecule has 4 aliphatic rings. The topological polar surface area (TPSA) is 84.4 Å². The molecule has 7 rings (SSSR count). The molecule has 2 saturated heterocycles. The van der Waals surface area contributed by atoms with Crippen molar-refractivity contribution in [2.24, 2.45) is 11.3 Å². The Hall–Kier alpha value is -3.46. The van der Waals surface area contributed by atoms with Crippen molar-refractivity contribution in [3.8, 4) is 17.0 Å². The molecule has 8 heteroatoms. The number of carboxylic acid groups (broad SMARTS) is 1. The summed E-state index contributed by atoms with van der Waals surface area (Å²) in [7, 11) is 1.64. The molecule has 238 valence electrons. The van der Waals surface area contributed by atoms with Crippen LogP contribution in [0.2, 0.25) is 0 Å². The Bertz CT molecular complexity index is 1550. The van der Waals surface area contributed by atoms with Crippen LogP contribution in [0.15, 0.2) is 48.5 Å². The predicted octanol–water partition coefficient (Wildman–Crippen LogP) is 5.66. The monoisotopic (exact) mass is 611 g/mol.